The lowest BCUT2D eigenvalue weighted by Crippen LogP contribution is -2.59. The number of ether oxygens (including phenoxy) is 1. The van der Waals surface area contributed by atoms with Crippen LogP contribution < -0.4 is 11.1 Å². The normalized spacial score (nSPS) is 35.7. The van der Waals surface area contributed by atoms with E-state index in [1.807, 2.05) is 0 Å². The summed E-state index contributed by atoms with van der Waals surface area (Å²) in [6.07, 6.45) is 0.772. The lowest BCUT2D eigenvalue weighted by molar-refractivity contribution is -0.161. The molecule has 6 atom stereocenters. The Morgan fingerprint density at radius 3 is 2.59 bits per heavy atom. The number of likely N-dealkylation sites (tertiary alicyclic amines) is 1. The number of carbonyl (C=O) groups is 2. The van der Waals surface area contributed by atoms with Crippen molar-refractivity contribution < 1.29 is 27.5 Å². The highest BCUT2D eigenvalue weighted by molar-refractivity contribution is 5.81. The minimum absolute atomic E-state index is 0.150. The predicted octanol–water partition coefficient (Wildman–Crippen LogP) is 3.40. The van der Waals surface area contributed by atoms with Gasteiger partial charge >= 0.3 is 12.3 Å². The number of hydrogen-bond donors (Lipinski definition) is 2. The first-order valence-corrected chi connectivity index (χ1v) is 11.2. The molecule has 6 rings (SSSR count). The Morgan fingerprint density at radius 1 is 1.22 bits per heavy atom. The summed E-state index contributed by atoms with van der Waals surface area (Å²) in [5.41, 5.74) is 4.45. The van der Waals surface area contributed by atoms with Crippen molar-refractivity contribution in [2.75, 3.05) is 18.4 Å². The number of hydrogen-bond acceptors (Lipinski definition) is 5. The zero-order chi connectivity index (χ0) is 22.7. The van der Waals surface area contributed by atoms with E-state index in [0.717, 1.165) is 25.3 Å². The number of amides is 2. The highest BCUT2D eigenvalue weighted by atomic mass is 19.4. The maximum absolute atomic E-state index is 13.2. The van der Waals surface area contributed by atoms with Crippen LogP contribution in [0.15, 0.2) is 18.3 Å². The third-order valence-electron chi connectivity index (χ3n) is 7.85. The van der Waals surface area contributed by atoms with E-state index in [1.165, 1.54) is 12.3 Å². The summed E-state index contributed by atoms with van der Waals surface area (Å²) < 4.78 is 45.6. The molecule has 4 aliphatic carbocycles. The van der Waals surface area contributed by atoms with Gasteiger partial charge in [0.2, 0.25) is 5.91 Å². The van der Waals surface area contributed by atoms with Gasteiger partial charge in [-0.05, 0) is 68.4 Å². The van der Waals surface area contributed by atoms with E-state index in [-0.39, 0.29) is 42.3 Å². The summed E-state index contributed by atoms with van der Waals surface area (Å²) in [5.74, 6) is 0.312. The molecule has 3 N–H and O–H groups in total. The maximum Gasteiger partial charge on any atom is 0.419 e. The summed E-state index contributed by atoms with van der Waals surface area (Å²) in [6, 6.07) is 1.90. The molecule has 1 saturated heterocycles. The molecule has 5 aliphatic rings. The molecule has 2 heterocycles. The SMILES string of the molecule is NC(=O)C12CC3CC(C1)C(OC(=O)N1CC[C@H](Nc4ncccc4C(F)(F)F)C1)[C@@H](C3)C2. The molecule has 10 heteroatoms. The van der Waals surface area contributed by atoms with Crippen molar-refractivity contribution in [3.8, 4) is 0 Å². The third kappa shape index (κ3) is 3.67. The second kappa shape index (κ2) is 7.52. The second-order valence-electron chi connectivity index (χ2n) is 9.94. The molecule has 4 unspecified atom stereocenters. The molecule has 174 valence electrons. The standard InChI is InChI=1S/C22H27F3N4O3/c23-22(24,25)16-2-1-4-27-18(16)28-15-3-5-29(11-15)20(31)32-17-13-6-12-7-14(17)10-21(8-12,9-13)19(26)30/h1-2,4,12-15,17H,3,5-11H2,(H2,26,30)(H,27,28)/t12?,13-,14?,15-,17?,21?/m0/s1. The quantitative estimate of drug-likeness (QED) is 0.730. The number of nitrogens with one attached hydrogen (secondary N) is 1. The largest absolute Gasteiger partial charge is 0.446 e. The monoisotopic (exact) mass is 452 g/mol. The van der Waals surface area contributed by atoms with E-state index in [9.17, 15) is 22.8 Å². The molecule has 4 bridgehead atoms. The summed E-state index contributed by atoms with van der Waals surface area (Å²) in [5, 5.41) is 2.84. The molecule has 4 saturated carbocycles. The van der Waals surface area contributed by atoms with Crippen molar-refractivity contribution in [3.05, 3.63) is 23.9 Å². The fourth-order valence-electron chi connectivity index (χ4n) is 6.65. The first kappa shape index (κ1) is 21.3. The van der Waals surface area contributed by atoms with E-state index >= 15 is 0 Å². The van der Waals surface area contributed by atoms with E-state index in [1.54, 1.807) is 4.90 Å². The number of nitrogens with zero attached hydrogens (tertiary/aromatic N) is 2. The Kier molecular flexibility index (Phi) is 5.01. The van der Waals surface area contributed by atoms with Crippen molar-refractivity contribution in [3.63, 3.8) is 0 Å². The van der Waals surface area contributed by atoms with Crippen molar-refractivity contribution in [1.29, 1.82) is 0 Å². The van der Waals surface area contributed by atoms with E-state index < -0.39 is 23.2 Å². The van der Waals surface area contributed by atoms with Gasteiger partial charge in [0.1, 0.15) is 11.9 Å². The van der Waals surface area contributed by atoms with Gasteiger partial charge < -0.3 is 20.7 Å². The molecule has 1 aliphatic heterocycles. The van der Waals surface area contributed by atoms with E-state index in [4.69, 9.17) is 10.5 Å². The van der Waals surface area contributed by atoms with Crippen molar-refractivity contribution in [1.82, 2.24) is 9.88 Å². The zero-order valence-corrected chi connectivity index (χ0v) is 17.6. The van der Waals surface area contributed by atoms with Gasteiger partial charge in [-0.3, -0.25) is 4.79 Å². The maximum atomic E-state index is 13.2. The first-order chi connectivity index (χ1) is 15.1. The minimum atomic E-state index is -4.50. The van der Waals surface area contributed by atoms with Crippen LogP contribution >= 0.6 is 0 Å². The van der Waals surface area contributed by atoms with Crippen LogP contribution in [0.25, 0.3) is 0 Å². The van der Waals surface area contributed by atoms with Crippen LogP contribution in [0.3, 0.4) is 0 Å². The Balaban J connectivity index is 1.20. The van der Waals surface area contributed by atoms with Gasteiger partial charge in [-0.2, -0.15) is 13.2 Å². The lowest BCUT2D eigenvalue weighted by atomic mass is 9.48. The molecular weight excluding hydrogens is 425 g/mol. The Bertz CT molecular complexity index is 908. The molecule has 2 amide bonds. The molecule has 0 spiro atoms. The first-order valence-electron chi connectivity index (χ1n) is 11.2. The van der Waals surface area contributed by atoms with Crippen molar-refractivity contribution in [2.24, 2.45) is 28.9 Å². The lowest BCUT2D eigenvalue weighted by Gasteiger charge is -2.58. The highest BCUT2D eigenvalue weighted by Gasteiger charge is 2.59. The molecule has 0 aromatic carbocycles. The number of aromatic nitrogens is 1. The van der Waals surface area contributed by atoms with E-state index in [2.05, 4.69) is 10.3 Å². The molecule has 5 fully saturated rings. The number of pyridine rings is 1. The average Bonchev–Trinajstić information content (AvgIpc) is 3.18. The smallest absolute Gasteiger partial charge is 0.419 e. The topological polar surface area (TPSA) is 97.6 Å². The van der Waals surface area contributed by atoms with Crippen molar-refractivity contribution in [2.45, 2.75) is 56.8 Å². The van der Waals surface area contributed by atoms with Crippen LogP contribution in [0.2, 0.25) is 0 Å². The number of primary amides is 1. The fourth-order valence-corrected chi connectivity index (χ4v) is 6.65. The van der Waals surface area contributed by atoms with Crippen LogP contribution in [0.4, 0.5) is 23.8 Å². The van der Waals surface area contributed by atoms with Crippen LogP contribution in [0, 0.1) is 23.2 Å². The fraction of sp³-hybridized carbons (Fsp3) is 0.682. The number of halogens is 3. The molecule has 1 aromatic heterocycles. The highest BCUT2D eigenvalue weighted by Crippen LogP contribution is 2.60. The molecular formula is C22H27F3N4O3. The summed E-state index contributed by atoms with van der Waals surface area (Å²) in [6.45, 7) is 0.656. The van der Waals surface area contributed by atoms with Crippen LogP contribution in [-0.2, 0) is 15.7 Å². The molecule has 7 nitrogen and oxygen atoms in total. The van der Waals surface area contributed by atoms with Gasteiger partial charge in [0.15, 0.2) is 0 Å². The summed E-state index contributed by atoms with van der Waals surface area (Å²) >= 11 is 0. The van der Waals surface area contributed by atoms with Crippen LogP contribution in [0.5, 0.6) is 0 Å². The number of nitrogens with two attached hydrogens (primary N) is 1. The van der Waals surface area contributed by atoms with Gasteiger partial charge in [0.05, 0.1) is 11.0 Å². The van der Waals surface area contributed by atoms with Gasteiger partial charge in [0.25, 0.3) is 0 Å². The molecule has 0 radical (unpaired) electrons. The Hall–Kier alpha value is -2.52. The van der Waals surface area contributed by atoms with Crippen molar-refractivity contribution >= 4 is 17.8 Å². The van der Waals surface area contributed by atoms with Gasteiger partial charge in [-0.25, -0.2) is 9.78 Å². The van der Waals surface area contributed by atoms with Crippen LogP contribution in [-0.4, -0.2) is 47.1 Å². The van der Waals surface area contributed by atoms with Gasteiger partial charge in [-0.15, -0.1) is 0 Å². The third-order valence-corrected chi connectivity index (χ3v) is 7.85. The Labute approximate surface area is 183 Å². The minimum Gasteiger partial charge on any atom is -0.446 e. The molecule has 32 heavy (non-hydrogen) atoms. The summed E-state index contributed by atoms with van der Waals surface area (Å²) in [4.78, 5) is 30.3. The zero-order valence-electron chi connectivity index (χ0n) is 17.6. The van der Waals surface area contributed by atoms with Crippen LogP contribution in [0.1, 0.15) is 44.1 Å². The van der Waals surface area contributed by atoms with E-state index in [0.29, 0.717) is 31.7 Å². The Morgan fingerprint density at radius 2 is 1.94 bits per heavy atom. The predicted molar refractivity (Wildman–Crippen MR) is 108 cm³/mol. The van der Waals surface area contributed by atoms with Gasteiger partial charge in [0, 0.05) is 25.3 Å². The average molecular weight is 452 g/mol. The second-order valence-corrected chi connectivity index (χ2v) is 9.94. The van der Waals surface area contributed by atoms with Gasteiger partial charge in [-0.1, -0.05) is 0 Å². The molecule has 1 aromatic rings. The number of rotatable bonds is 4. The summed E-state index contributed by atoms with van der Waals surface area (Å²) in [7, 11) is 0. The number of carbonyl (C=O) groups excluding carboxylic acids is 2. The number of alkyl halides is 3. The number of anilines is 1.